The van der Waals surface area contributed by atoms with Gasteiger partial charge >= 0.3 is 5.97 Å². The van der Waals surface area contributed by atoms with Crippen molar-refractivity contribution in [2.24, 2.45) is 39.7 Å². The topological polar surface area (TPSA) is 77.4 Å². The molecule has 0 radical (unpaired) electrons. The van der Waals surface area contributed by atoms with E-state index in [2.05, 4.69) is 19.0 Å². The number of fused-ring (bicyclic) bond motifs is 4. The summed E-state index contributed by atoms with van der Waals surface area (Å²) in [6.45, 7) is 5.90. The van der Waals surface area contributed by atoms with Crippen molar-refractivity contribution in [3.63, 3.8) is 0 Å². The Balaban J connectivity index is 1.50. The summed E-state index contributed by atoms with van der Waals surface area (Å²) in [6.07, 6.45) is 8.63. The molecule has 0 amide bonds. The Morgan fingerprint density at radius 1 is 1.07 bits per heavy atom. The molecule has 2 bridgehead atoms. The molecule has 0 aromatic carbocycles. The van der Waals surface area contributed by atoms with Crippen LogP contribution in [-0.2, 0) is 19.0 Å². The first-order chi connectivity index (χ1) is 12.9. The van der Waals surface area contributed by atoms with Gasteiger partial charge in [0.2, 0.25) is 0 Å². The van der Waals surface area contributed by atoms with Crippen molar-refractivity contribution >= 4 is 12.2 Å². The van der Waals surface area contributed by atoms with Gasteiger partial charge in [-0.25, -0.2) is 0 Å². The first-order valence-corrected chi connectivity index (χ1v) is 10.6. The van der Waals surface area contributed by atoms with Crippen LogP contribution in [0.4, 0.5) is 0 Å². The van der Waals surface area contributed by atoms with Gasteiger partial charge in [-0.2, -0.15) is 0 Å². The molecule has 1 N–H and O–H groups in total. The summed E-state index contributed by atoms with van der Waals surface area (Å²) >= 11 is 0. The van der Waals surface area contributed by atoms with Gasteiger partial charge in [0.1, 0.15) is 6.10 Å². The molecule has 2 heterocycles. The van der Waals surface area contributed by atoms with Crippen molar-refractivity contribution in [2.45, 2.75) is 70.7 Å². The van der Waals surface area contributed by atoms with Crippen molar-refractivity contribution in [3.05, 3.63) is 0 Å². The Morgan fingerprint density at radius 2 is 1.81 bits per heavy atom. The second-order valence-corrected chi connectivity index (χ2v) is 9.89. The number of ether oxygens (including phenoxy) is 3. The number of hydrogen-bond acceptors (Lipinski definition) is 6. The summed E-state index contributed by atoms with van der Waals surface area (Å²) in [5.41, 5.74) is -0.167. The molecule has 5 fully saturated rings. The maximum absolute atomic E-state index is 12.5. The molecule has 1 spiro atoms. The van der Waals surface area contributed by atoms with Gasteiger partial charge < -0.3 is 19.4 Å². The Morgan fingerprint density at radius 3 is 2.56 bits per heavy atom. The molecular formula is C21H31NO5. The quantitative estimate of drug-likeness (QED) is 0.346. The predicted molar refractivity (Wildman–Crippen MR) is 97.3 cm³/mol. The Bertz CT molecular complexity index is 659. The minimum atomic E-state index is -0.477. The van der Waals surface area contributed by atoms with Crippen LogP contribution < -0.4 is 0 Å². The second kappa shape index (κ2) is 5.93. The second-order valence-electron chi connectivity index (χ2n) is 9.89. The van der Waals surface area contributed by atoms with Crippen LogP contribution in [0.5, 0.6) is 0 Å². The molecule has 5 aliphatic rings. The number of hydrogen-bond donors (Lipinski definition) is 1. The molecule has 3 aliphatic carbocycles. The molecule has 2 aliphatic heterocycles. The fraction of sp³-hybridized carbons (Fsp3) is 0.905. The zero-order valence-corrected chi connectivity index (χ0v) is 16.4. The first kappa shape index (κ1) is 17.9. The molecule has 27 heavy (non-hydrogen) atoms. The van der Waals surface area contributed by atoms with E-state index in [9.17, 15) is 10.0 Å². The molecule has 0 aromatic rings. The van der Waals surface area contributed by atoms with E-state index in [4.69, 9.17) is 14.2 Å². The van der Waals surface area contributed by atoms with Crippen LogP contribution in [0, 0.1) is 34.5 Å². The van der Waals surface area contributed by atoms with Crippen LogP contribution in [0.15, 0.2) is 5.16 Å². The van der Waals surface area contributed by atoms with Gasteiger partial charge in [0.05, 0.1) is 19.1 Å². The maximum Gasteiger partial charge on any atom is 0.309 e. The smallest absolute Gasteiger partial charge is 0.309 e. The summed E-state index contributed by atoms with van der Waals surface area (Å²) in [7, 11) is 0. The van der Waals surface area contributed by atoms with Crippen molar-refractivity contribution in [2.75, 3.05) is 13.2 Å². The number of carbonyl (C=O) groups excluding carboxylic acids is 1. The summed E-state index contributed by atoms with van der Waals surface area (Å²) in [4.78, 5) is 12.5. The minimum Gasteiger partial charge on any atom is -0.462 e. The van der Waals surface area contributed by atoms with Gasteiger partial charge in [-0.1, -0.05) is 13.8 Å². The molecular weight excluding hydrogens is 346 g/mol. The van der Waals surface area contributed by atoms with E-state index in [1.165, 1.54) is 0 Å². The van der Waals surface area contributed by atoms with E-state index in [0.29, 0.717) is 25.0 Å². The standard InChI is InChI=1S/C21H31NO5/c1-19(6-3-13-11-17(19)18(23)27-13)15-4-7-20(2)16(14(15)12-22-24)5-8-21(20)25-9-10-26-21/h12-17,24H,3-11H2,1-2H3/b22-12-/t13-,14+,15-,16-,17+,19+,20-/m0/s1. The highest BCUT2D eigenvalue weighted by Gasteiger charge is 2.67. The van der Waals surface area contributed by atoms with Crippen LogP contribution in [0.3, 0.4) is 0 Å². The van der Waals surface area contributed by atoms with Gasteiger partial charge in [-0.05, 0) is 55.8 Å². The minimum absolute atomic E-state index is 0.0154. The highest BCUT2D eigenvalue weighted by molar-refractivity contribution is 5.76. The number of nitrogens with zero attached hydrogens (tertiary/aromatic N) is 1. The Kier molecular flexibility index (Phi) is 3.94. The molecule has 7 atom stereocenters. The van der Waals surface area contributed by atoms with E-state index < -0.39 is 5.79 Å². The highest BCUT2D eigenvalue weighted by atomic mass is 16.7. The summed E-state index contributed by atoms with van der Waals surface area (Å²) in [5.74, 6) is 0.287. The maximum atomic E-state index is 12.5. The van der Waals surface area contributed by atoms with E-state index in [1.807, 2.05) is 0 Å². The summed E-state index contributed by atoms with van der Waals surface area (Å²) < 4.78 is 17.9. The lowest BCUT2D eigenvalue weighted by molar-refractivity contribution is -0.239. The third kappa shape index (κ3) is 2.26. The average Bonchev–Trinajstić information content (AvgIpc) is 3.32. The fourth-order valence-electron chi connectivity index (χ4n) is 7.60. The lowest BCUT2D eigenvalue weighted by atomic mass is 9.49. The van der Waals surface area contributed by atoms with Gasteiger partial charge in [0.25, 0.3) is 0 Å². The van der Waals surface area contributed by atoms with Gasteiger partial charge in [0, 0.05) is 24.0 Å². The van der Waals surface area contributed by atoms with Gasteiger partial charge in [0.15, 0.2) is 5.79 Å². The van der Waals surface area contributed by atoms with Crippen molar-refractivity contribution in [3.8, 4) is 0 Å². The van der Waals surface area contributed by atoms with Crippen molar-refractivity contribution in [1.29, 1.82) is 0 Å². The average molecular weight is 377 g/mol. The monoisotopic (exact) mass is 377 g/mol. The zero-order valence-electron chi connectivity index (χ0n) is 16.4. The zero-order chi connectivity index (χ0) is 18.9. The van der Waals surface area contributed by atoms with Gasteiger partial charge in [-0.15, -0.1) is 5.16 Å². The van der Waals surface area contributed by atoms with Crippen LogP contribution >= 0.6 is 0 Å². The van der Waals surface area contributed by atoms with Crippen molar-refractivity contribution in [1.82, 2.24) is 0 Å². The van der Waals surface area contributed by atoms with Crippen molar-refractivity contribution < 1.29 is 24.2 Å². The van der Waals surface area contributed by atoms with E-state index in [1.54, 1.807) is 6.21 Å². The van der Waals surface area contributed by atoms with Crippen LogP contribution in [0.25, 0.3) is 0 Å². The van der Waals surface area contributed by atoms with E-state index in [-0.39, 0.29) is 34.7 Å². The molecule has 2 saturated heterocycles. The van der Waals surface area contributed by atoms with Crippen LogP contribution in [-0.4, -0.2) is 42.5 Å². The Hall–Kier alpha value is -1.14. The molecule has 0 aromatic heterocycles. The largest absolute Gasteiger partial charge is 0.462 e. The number of oxime groups is 1. The van der Waals surface area contributed by atoms with Gasteiger partial charge in [-0.3, -0.25) is 4.79 Å². The van der Waals surface area contributed by atoms with E-state index in [0.717, 1.165) is 44.9 Å². The molecule has 0 unspecified atom stereocenters. The highest BCUT2D eigenvalue weighted by Crippen LogP contribution is 2.66. The Labute approximate surface area is 160 Å². The fourth-order valence-corrected chi connectivity index (χ4v) is 7.60. The first-order valence-electron chi connectivity index (χ1n) is 10.6. The van der Waals surface area contributed by atoms with Crippen LogP contribution in [0.2, 0.25) is 0 Å². The third-order valence-electron chi connectivity index (χ3n) is 9.08. The third-order valence-corrected chi connectivity index (χ3v) is 9.08. The molecule has 3 saturated carbocycles. The number of esters is 1. The van der Waals surface area contributed by atoms with Crippen LogP contribution in [0.1, 0.15) is 58.8 Å². The normalized spacial score (nSPS) is 51.0. The molecule has 150 valence electrons. The lowest BCUT2D eigenvalue weighted by Gasteiger charge is -2.55. The summed E-state index contributed by atoms with van der Waals surface area (Å²) in [6, 6.07) is 0. The molecule has 6 heteroatoms. The SMILES string of the molecule is C[C@]1([C@H]2CC[C@@]3(C)[C@@H](CCC34OCCO4)[C@@H]2/C=N\O)CC[C@H]2C[C@@H]1C(=O)O2. The lowest BCUT2D eigenvalue weighted by Crippen LogP contribution is -2.55. The summed E-state index contributed by atoms with van der Waals surface area (Å²) in [5, 5.41) is 13.0. The van der Waals surface area contributed by atoms with E-state index >= 15 is 0 Å². The molecule has 6 nitrogen and oxygen atoms in total. The number of carbonyl (C=O) groups is 1. The number of rotatable bonds is 2. The predicted octanol–water partition coefficient (Wildman–Crippen LogP) is 3.36. The molecule has 5 rings (SSSR count).